The summed E-state index contributed by atoms with van der Waals surface area (Å²) in [6.07, 6.45) is 1.17. The Morgan fingerprint density at radius 3 is 2.61 bits per heavy atom. The van der Waals surface area contributed by atoms with Gasteiger partial charge in [-0.1, -0.05) is 6.07 Å². The third kappa shape index (κ3) is 3.45. The highest BCUT2D eigenvalue weighted by atomic mass is 16.5. The molecule has 10 nitrogen and oxygen atoms in total. The number of amides is 4. The van der Waals surface area contributed by atoms with Crippen LogP contribution in [0.25, 0.3) is 0 Å². The Bertz CT molecular complexity index is 1190. The molecule has 0 spiro atoms. The van der Waals surface area contributed by atoms with Crippen molar-refractivity contribution in [1.82, 2.24) is 20.5 Å². The van der Waals surface area contributed by atoms with E-state index in [1.165, 1.54) is 18.2 Å². The van der Waals surface area contributed by atoms with E-state index in [2.05, 4.69) is 15.6 Å². The third-order valence-electron chi connectivity index (χ3n) is 5.55. The maximum atomic E-state index is 13.2. The Morgan fingerprint density at radius 1 is 1.19 bits per heavy atom. The minimum absolute atomic E-state index is 0.189. The van der Waals surface area contributed by atoms with E-state index in [1.807, 2.05) is 0 Å². The molecule has 0 aliphatic carbocycles. The number of H-pyrrole nitrogens is 1. The minimum atomic E-state index is -1.93. The van der Waals surface area contributed by atoms with Gasteiger partial charge in [0.2, 0.25) is 0 Å². The van der Waals surface area contributed by atoms with Crippen LogP contribution in [-0.4, -0.2) is 52.7 Å². The second-order valence-corrected chi connectivity index (χ2v) is 7.62. The van der Waals surface area contributed by atoms with Gasteiger partial charge in [-0.25, -0.2) is 4.79 Å². The summed E-state index contributed by atoms with van der Waals surface area (Å²) in [5.74, 6) is -1.26. The van der Waals surface area contributed by atoms with Crippen molar-refractivity contribution in [3.05, 3.63) is 63.1 Å². The van der Waals surface area contributed by atoms with Gasteiger partial charge >= 0.3 is 6.03 Å². The van der Waals surface area contributed by atoms with Gasteiger partial charge in [0.15, 0.2) is 11.3 Å². The smallest absolute Gasteiger partial charge is 0.322 e. The van der Waals surface area contributed by atoms with Gasteiger partial charge in [-0.15, -0.1) is 0 Å². The molecule has 1 aromatic carbocycles. The van der Waals surface area contributed by atoms with Crippen LogP contribution in [0.1, 0.15) is 27.0 Å². The Hall–Kier alpha value is -3.95. The Kier molecular flexibility index (Phi) is 4.84. The highest BCUT2D eigenvalue weighted by Crippen LogP contribution is 2.29. The molecule has 2 aromatic rings. The van der Waals surface area contributed by atoms with E-state index in [0.717, 1.165) is 5.56 Å². The van der Waals surface area contributed by atoms with Crippen LogP contribution in [0.4, 0.5) is 4.79 Å². The van der Waals surface area contributed by atoms with Crippen LogP contribution in [0.5, 0.6) is 5.75 Å². The van der Waals surface area contributed by atoms with Crippen LogP contribution < -0.4 is 20.9 Å². The number of pyridine rings is 1. The van der Waals surface area contributed by atoms with Gasteiger partial charge < -0.3 is 19.9 Å². The monoisotopic (exact) mass is 424 g/mol. The van der Waals surface area contributed by atoms with E-state index in [-0.39, 0.29) is 31.0 Å². The summed E-state index contributed by atoms with van der Waals surface area (Å²) in [7, 11) is 1.49. The van der Waals surface area contributed by atoms with E-state index in [0.29, 0.717) is 22.4 Å². The van der Waals surface area contributed by atoms with Crippen LogP contribution in [0.15, 0.2) is 35.3 Å². The Labute approximate surface area is 176 Å². The number of ether oxygens (including phenoxy) is 1. The van der Waals surface area contributed by atoms with Crippen molar-refractivity contribution >= 4 is 23.6 Å². The molecular weight excluding hydrogens is 404 g/mol. The fourth-order valence-electron chi connectivity index (χ4n) is 3.86. The largest absolute Gasteiger partial charge is 0.497 e. The molecule has 1 saturated heterocycles. The van der Waals surface area contributed by atoms with Crippen LogP contribution in [-0.2, 0) is 22.6 Å². The lowest BCUT2D eigenvalue weighted by Crippen LogP contribution is -2.61. The van der Waals surface area contributed by atoms with Crippen molar-refractivity contribution in [2.24, 2.45) is 0 Å². The molecule has 4 amide bonds. The molecule has 1 fully saturated rings. The number of nitrogens with zero attached hydrogens (tertiary/aromatic N) is 1. The molecule has 3 heterocycles. The number of carbonyl (C=O) groups is 4. The number of imide groups is 1. The molecule has 4 rings (SSSR count). The third-order valence-corrected chi connectivity index (χ3v) is 5.55. The molecule has 160 valence electrons. The number of ketones is 1. The molecular formula is C21H20N4O6. The zero-order valence-corrected chi connectivity index (χ0v) is 16.9. The predicted octanol–water partition coefficient (Wildman–Crippen LogP) is 0.0377. The Balaban J connectivity index is 1.63. The van der Waals surface area contributed by atoms with E-state index in [1.54, 1.807) is 31.2 Å². The Morgan fingerprint density at radius 2 is 1.97 bits per heavy atom. The fraction of sp³-hybridized carbons (Fsp3) is 0.286. The fourth-order valence-corrected chi connectivity index (χ4v) is 3.86. The lowest BCUT2D eigenvalue weighted by molar-refractivity contribution is -0.134. The average molecular weight is 424 g/mol. The van der Waals surface area contributed by atoms with Crippen LogP contribution >= 0.6 is 0 Å². The molecule has 3 N–H and O–H groups in total. The number of hydrogen-bond acceptors (Lipinski definition) is 6. The predicted molar refractivity (Wildman–Crippen MR) is 108 cm³/mol. The van der Waals surface area contributed by atoms with Crippen molar-refractivity contribution in [2.75, 3.05) is 13.7 Å². The summed E-state index contributed by atoms with van der Waals surface area (Å²) in [5.41, 5.74) is -0.163. The number of nitrogens with one attached hydrogen (secondary N) is 3. The minimum Gasteiger partial charge on any atom is -0.497 e. The zero-order valence-electron chi connectivity index (χ0n) is 16.9. The topological polar surface area (TPSA) is 138 Å². The van der Waals surface area contributed by atoms with Crippen LogP contribution in [0.2, 0.25) is 0 Å². The molecule has 0 saturated carbocycles. The number of carbonyl (C=O) groups excluding carboxylic acids is 4. The molecule has 1 atom stereocenters. The van der Waals surface area contributed by atoms with Crippen LogP contribution in [0, 0.1) is 6.92 Å². The first kappa shape index (κ1) is 20.3. The normalized spacial score (nSPS) is 19.8. The first-order chi connectivity index (χ1) is 14.7. The molecule has 0 bridgehead atoms. The van der Waals surface area contributed by atoms with Gasteiger partial charge in [0.1, 0.15) is 5.75 Å². The molecule has 31 heavy (non-hydrogen) atoms. The van der Waals surface area contributed by atoms with Crippen molar-refractivity contribution in [3.63, 3.8) is 0 Å². The van der Waals surface area contributed by atoms with Gasteiger partial charge in [0.25, 0.3) is 17.4 Å². The number of aromatic amines is 1. The molecule has 1 aromatic heterocycles. The number of aromatic nitrogens is 1. The number of methoxy groups -OCH3 is 1. The lowest BCUT2D eigenvalue weighted by Gasteiger charge is -2.29. The number of aryl methyl sites for hydroxylation is 1. The van der Waals surface area contributed by atoms with Crippen molar-refractivity contribution in [1.29, 1.82) is 0 Å². The number of rotatable bonds is 6. The summed E-state index contributed by atoms with van der Waals surface area (Å²) in [6.45, 7) is 1.47. The van der Waals surface area contributed by atoms with Crippen molar-refractivity contribution in [2.45, 2.75) is 25.4 Å². The summed E-state index contributed by atoms with van der Waals surface area (Å²) in [5, 5.41) is 4.52. The molecule has 0 radical (unpaired) electrons. The van der Waals surface area contributed by atoms with Gasteiger partial charge in [-0.3, -0.25) is 24.5 Å². The summed E-state index contributed by atoms with van der Waals surface area (Å²) in [6, 6.07) is 5.81. The first-order valence-electron chi connectivity index (χ1n) is 9.55. The lowest BCUT2D eigenvalue weighted by atomic mass is 9.89. The highest BCUT2D eigenvalue weighted by Gasteiger charge is 2.54. The molecule has 0 unspecified atom stereocenters. The average Bonchev–Trinajstić information content (AvgIpc) is 3.20. The summed E-state index contributed by atoms with van der Waals surface area (Å²) < 4.78 is 5.16. The van der Waals surface area contributed by atoms with Gasteiger partial charge in [-0.05, 0) is 36.2 Å². The second-order valence-electron chi connectivity index (χ2n) is 7.62. The standard InChI is InChI=1S/C21H20N4O6/c1-11-5-12(8-22-17(11)27)6-16(26)21(19(29)23-20(30)24-21)10-25-9-13-3-4-14(31-2)7-15(13)18(25)28/h3-5,7-8H,6,9-10H2,1-2H3,(H,22,27)(H2,23,24,29,30)/t21-/m0/s1. The summed E-state index contributed by atoms with van der Waals surface area (Å²) in [4.78, 5) is 66.2. The maximum absolute atomic E-state index is 13.2. The molecule has 2 aliphatic heterocycles. The number of Topliss-reactive ketones (excluding diaryl/α,β-unsaturated/α-hetero) is 1. The summed E-state index contributed by atoms with van der Waals surface area (Å²) >= 11 is 0. The SMILES string of the molecule is COc1ccc2c(c1)C(=O)N(C[C@@]1(C(=O)Cc3c[nH]c(=O)c(C)c3)NC(=O)NC1=O)C2. The van der Waals surface area contributed by atoms with Gasteiger partial charge in [-0.2, -0.15) is 0 Å². The van der Waals surface area contributed by atoms with Crippen molar-refractivity contribution < 1.29 is 23.9 Å². The van der Waals surface area contributed by atoms with Crippen molar-refractivity contribution in [3.8, 4) is 5.75 Å². The maximum Gasteiger partial charge on any atom is 0.322 e. The van der Waals surface area contributed by atoms with Gasteiger partial charge in [0.05, 0.1) is 13.7 Å². The van der Waals surface area contributed by atoms with E-state index < -0.39 is 23.3 Å². The number of hydrogen-bond donors (Lipinski definition) is 3. The van der Waals surface area contributed by atoms with E-state index >= 15 is 0 Å². The zero-order chi connectivity index (χ0) is 22.3. The highest BCUT2D eigenvalue weighted by molar-refractivity contribution is 6.21. The van der Waals surface area contributed by atoms with Crippen LogP contribution in [0.3, 0.4) is 0 Å². The first-order valence-corrected chi connectivity index (χ1v) is 9.55. The number of benzene rings is 1. The number of fused-ring (bicyclic) bond motifs is 1. The number of urea groups is 1. The second kappa shape index (κ2) is 7.38. The van der Waals surface area contributed by atoms with Gasteiger partial charge in [0, 0.05) is 30.3 Å². The quantitative estimate of drug-likeness (QED) is 0.442. The van der Waals surface area contributed by atoms with E-state index in [9.17, 15) is 24.0 Å². The van der Waals surface area contributed by atoms with E-state index in [4.69, 9.17) is 4.74 Å². The molecule has 2 aliphatic rings. The molecule has 10 heteroatoms.